The number of benzene rings is 1. The van der Waals surface area contributed by atoms with Crippen LogP contribution >= 0.6 is 0 Å². The maximum absolute atomic E-state index is 12.4. The van der Waals surface area contributed by atoms with Gasteiger partial charge >= 0.3 is 0 Å². The van der Waals surface area contributed by atoms with Gasteiger partial charge in [-0.05, 0) is 41.2 Å². The molecule has 2 N–H and O–H groups in total. The number of pyridine rings is 1. The molecule has 0 unspecified atom stereocenters. The lowest BCUT2D eigenvalue weighted by atomic mass is 9.86. The SMILES string of the molecule is CC(C)(C)c1ccc(CCn2cccc(/C=C/C(=O)NO)c2=O)cc1. The zero-order valence-corrected chi connectivity index (χ0v) is 14.8. The fourth-order valence-corrected chi connectivity index (χ4v) is 2.48. The highest BCUT2D eigenvalue weighted by molar-refractivity contribution is 5.90. The third-order valence-corrected chi connectivity index (χ3v) is 4.04. The molecule has 0 saturated carbocycles. The largest absolute Gasteiger partial charge is 0.315 e. The summed E-state index contributed by atoms with van der Waals surface area (Å²) in [6, 6.07) is 11.9. The highest BCUT2D eigenvalue weighted by Crippen LogP contribution is 2.22. The Balaban J connectivity index is 2.10. The molecule has 0 saturated heterocycles. The Hall–Kier alpha value is -2.66. The predicted octanol–water partition coefficient (Wildman–Crippen LogP) is 2.91. The van der Waals surface area contributed by atoms with Crippen LogP contribution in [0.4, 0.5) is 0 Å². The van der Waals surface area contributed by atoms with Crippen molar-refractivity contribution in [2.45, 2.75) is 39.2 Å². The lowest BCUT2D eigenvalue weighted by Gasteiger charge is -2.19. The summed E-state index contributed by atoms with van der Waals surface area (Å²) in [6.07, 6.45) is 4.98. The van der Waals surface area contributed by atoms with Gasteiger partial charge in [0.25, 0.3) is 11.5 Å². The maximum Gasteiger partial charge on any atom is 0.267 e. The zero-order chi connectivity index (χ0) is 18.4. The summed E-state index contributed by atoms with van der Waals surface area (Å²) in [4.78, 5) is 23.4. The van der Waals surface area contributed by atoms with Gasteiger partial charge in [0, 0.05) is 24.4 Å². The minimum absolute atomic E-state index is 0.122. The van der Waals surface area contributed by atoms with E-state index in [1.165, 1.54) is 22.7 Å². The molecule has 0 fully saturated rings. The number of aromatic nitrogens is 1. The van der Waals surface area contributed by atoms with E-state index in [0.29, 0.717) is 12.1 Å². The summed E-state index contributed by atoms with van der Waals surface area (Å²) < 4.78 is 1.62. The normalized spacial score (nSPS) is 11.7. The quantitative estimate of drug-likeness (QED) is 0.499. The van der Waals surface area contributed by atoms with Crippen molar-refractivity contribution in [3.05, 3.63) is 75.7 Å². The third-order valence-electron chi connectivity index (χ3n) is 4.04. The zero-order valence-electron chi connectivity index (χ0n) is 14.8. The topological polar surface area (TPSA) is 71.3 Å². The molecule has 1 aromatic heterocycles. The monoisotopic (exact) mass is 340 g/mol. The first-order valence-electron chi connectivity index (χ1n) is 8.22. The van der Waals surface area contributed by atoms with E-state index in [2.05, 4.69) is 45.0 Å². The Labute approximate surface area is 147 Å². The Morgan fingerprint density at radius 3 is 2.48 bits per heavy atom. The van der Waals surface area contributed by atoms with E-state index in [9.17, 15) is 9.59 Å². The van der Waals surface area contributed by atoms with Crippen LogP contribution < -0.4 is 11.0 Å². The van der Waals surface area contributed by atoms with Crippen molar-refractivity contribution in [1.29, 1.82) is 0 Å². The number of nitrogens with zero attached hydrogens (tertiary/aromatic N) is 1. The van der Waals surface area contributed by atoms with E-state index >= 15 is 0 Å². The van der Waals surface area contributed by atoms with E-state index in [-0.39, 0.29) is 11.0 Å². The number of hydroxylamine groups is 1. The molecule has 0 atom stereocenters. The molecule has 1 heterocycles. The van der Waals surface area contributed by atoms with Crippen molar-refractivity contribution in [3.63, 3.8) is 0 Å². The number of nitrogens with one attached hydrogen (secondary N) is 1. The third kappa shape index (κ3) is 5.16. The van der Waals surface area contributed by atoms with E-state index in [1.54, 1.807) is 22.9 Å². The average Bonchev–Trinajstić information content (AvgIpc) is 2.59. The summed E-state index contributed by atoms with van der Waals surface area (Å²) in [5, 5.41) is 8.48. The Morgan fingerprint density at radius 2 is 1.88 bits per heavy atom. The highest BCUT2D eigenvalue weighted by Gasteiger charge is 2.12. The van der Waals surface area contributed by atoms with Crippen molar-refractivity contribution < 1.29 is 10.0 Å². The lowest BCUT2D eigenvalue weighted by molar-refractivity contribution is -0.124. The van der Waals surface area contributed by atoms with Crippen molar-refractivity contribution in [2.24, 2.45) is 0 Å². The number of aryl methyl sites for hydroxylation is 2. The average molecular weight is 340 g/mol. The van der Waals surface area contributed by atoms with Crippen LogP contribution in [0.3, 0.4) is 0 Å². The van der Waals surface area contributed by atoms with Gasteiger partial charge in [-0.1, -0.05) is 45.0 Å². The highest BCUT2D eigenvalue weighted by atomic mass is 16.5. The van der Waals surface area contributed by atoms with E-state index in [4.69, 9.17) is 5.21 Å². The van der Waals surface area contributed by atoms with E-state index in [0.717, 1.165) is 12.5 Å². The molecule has 2 aromatic rings. The summed E-state index contributed by atoms with van der Waals surface area (Å²) in [5.41, 5.74) is 4.29. The van der Waals surface area contributed by atoms with Gasteiger partial charge in [0.15, 0.2) is 0 Å². The molecule has 25 heavy (non-hydrogen) atoms. The van der Waals surface area contributed by atoms with Gasteiger partial charge in [0.2, 0.25) is 0 Å². The molecular formula is C20H24N2O3. The van der Waals surface area contributed by atoms with Crippen molar-refractivity contribution in [3.8, 4) is 0 Å². The number of rotatable bonds is 5. The van der Waals surface area contributed by atoms with Crippen molar-refractivity contribution in [1.82, 2.24) is 10.0 Å². The van der Waals surface area contributed by atoms with Gasteiger partial charge in [-0.15, -0.1) is 0 Å². The molecule has 5 nitrogen and oxygen atoms in total. The molecular weight excluding hydrogens is 316 g/mol. The van der Waals surface area contributed by atoms with E-state index in [1.807, 2.05) is 0 Å². The molecule has 0 bridgehead atoms. The van der Waals surface area contributed by atoms with E-state index < -0.39 is 5.91 Å². The van der Waals surface area contributed by atoms with Gasteiger partial charge in [-0.2, -0.15) is 0 Å². The Morgan fingerprint density at radius 1 is 1.20 bits per heavy atom. The first-order valence-corrected chi connectivity index (χ1v) is 8.22. The van der Waals surface area contributed by atoms with Crippen molar-refractivity contribution >= 4 is 12.0 Å². The molecule has 1 aromatic carbocycles. The summed E-state index contributed by atoms with van der Waals surface area (Å²) in [7, 11) is 0. The predicted molar refractivity (Wildman–Crippen MR) is 98.5 cm³/mol. The smallest absolute Gasteiger partial charge is 0.267 e. The first kappa shape index (κ1) is 18.7. The summed E-state index contributed by atoms with van der Waals surface area (Å²) in [5.74, 6) is -0.672. The van der Waals surface area contributed by atoms with Crippen LogP contribution in [0.1, 0.15) is 37.5 Å². The summed E-state index contributed by atoms with van der Waals surface area (Å²) >= 11 is 0. The molecule has 0 aliphatic carbocycles. The molecule has 0 radical (unpaired) electrons. The fraction of sp³-hybridized carbons (Fsp3) is 0.300. The second kappa shape index (κ2) is 7.94. The standard InChI is InChI=1S/C20H24N2O3/c1-20(2,3)17-9-6-15(7-10-17)12-14-22-13-4-5-16(19(22)24)8-11-18(23)21-25/h4-11,13,25H,12,14H2,1-3H3,(H,21,23)/b11-8+. The molecule has 5 heteroatoms. The first-order chi connectivity index (χ1) is 11.8. The van der Waals surface area contributed by atoms with Gasteiger partial charge in [-0.25, -0.2) is 5.48 Å². The number of carbonyl (C=O) groups excluding carboxylic acids is 1. The minimum Gasteiger partial charge on any atom is -0.315 e. The van der Waals surface area contributed by atoms with Gasteiger partial charge in [0.05, 0.1) is 0 Å². The fourth-order valence-electron chi connectivity index (χ4n) is 2.48. The van der Waals surface area contributed by atoms with Crippen LogP contribution in [0, 0.1) is 0 Å². The Kier molecular flexibility index (Phi) is 5.93. The maximum atomic E-state index is 12.4. The molecule has 0 aliphatic heterocycles. The van der Waals surface area contributed by atoms with Gasteiger partial charge in [-0.3, -0.25) is 14.8 Å². The number of hydrogen-bond donors (Lipinski definition) is 2. The van der Waals surface area contributed by atoms with Crippen LogP contribution in [0.2, 0.25) is 0 Å². The van der Waals surface area contributed by atoms with Crippen LogP contribution in [0.15, 0.2) is 53.5 Å². The number of hydrogen-bond acceptors (Lipinski definition) is 3. The molecule has 132 valence electrons. The Bertz CT molecular complexity index is 812. The van der Waals surface area contributed by atoms with Crippen LogP contribution in [-0.2, 0) is 23.2 Å². The van der Waals surface area contributed by atoms with Crippen LogP contribution in [0.5, 0.6) is 0 Å². The lowest BCUT2D eigenvalue weighted by Crippen LogP contribution is -2.22. The molecule has 0 spiro atoms. The second-order valence-electron chi connectivity index (χ2n) is 6.97. The number of carbonyl (C=O) groups is 1. The van der Waals surface area contributed by atoms with Crippen LogP contribution in [0.25, 0.3) is 6.08 Å². The number of amides is 1. The van der Waals surface area contributed by atoms with Gasteiger partial charge in [0.1, 0.15) is 0 Å². The van der Waals surface area contributed by atoms with Crippen LogP contribution in [-0.4, -0.2) is 15.7 Å². The van der Waals surface area contributed by atoms with Crippen molar-refractivity contribution in [2.75, 3.05) is 0 Å². The minimum atomic E-state index is -0.672. The van der Waals surface area contributed by atoms with Gasteiger partial charge < -0.3 is 4.57 Å². The second-order valence-corrected chi connectivity index (χ2v) is 6.97. The molecule has 2 rings (SSSR count). The molecule has 0 aliphatic rings. The molecule has 1 amide bonds. The summed E-state index contributed by atoms with van der Waals surface area (Å²) in [6.45, 7) is 7.09.